The maximum atomic E-state index is 10.5. The van der Waals surface area contributed by atoms with E-state index in [4.69, 9.17) is 11.5 Å². The van der Waals surface area contributed by atoms with E-state index in [1.165, 1.54) is 0 Å². The average Bonchev–Trinajstić information content (AvgIpc) is 2.26. The smallest absolute Gasteiger partial charge is 0.328 e. The van der Waals surface area contributed by atoms with Crippen LogP contribution in [0.25, 0.3) is 6.08 Å². The number of carboxylic acids is 1. The van der Waals surface area contributed by atoms with E-state index in [0.29, 0.717) is 6.54 Å². The van der Waals surface area contributed by atoms with Gasteiger partial charge in [0.2, 0.25) is 0 Å². The molecule has 0 aliphatic carbocycles. The second-order valence-corrected chi connectivity index (χ2v) is 4.35. The molecule has 0 atom stereocenters. The van der Waals surface area contributed by atoms with Crippen molar-refractivity contribution in [2.24, 2.45) is 0 Å². The van der Waals surface area contributed by atoms with Gasteiger partial charge >= 0.3 is 5.97 Å². The molecule has 4 heteroatoms. The van der Waals surface area contributed by atoms with Crippen LogP contribution in [0, 0.1) is 12.3 Å². The van der Waals surface area contributed by atoms with E-state index in [9.17, 15) is 4.79 Å². The van der Waals surface area contributed by atoms with Crippen LogP contribution < -0.4 is 4.90 Å². The largest absolute Gasteiger partial charge is 0.478 e. The van der Waals surface area contributed by atoms with Crippen LogP contribution in [0.4, 0.5) is 5.69 Å². The van der Waals surface area contributed by atoms with Crippen LogP contribution in [0.15, 0.2) is 28.7 Å². The lowest BCUT2D eigenvalue weighted by Crippen LogP contribution is -2.17. The fourth-order valence-electron chi connectivity index (χ4n) is 1.39. The molecular formula is C13H12BrNO2. The number of anilines is 1. The first-order chi connectivity index (χ1) is 8.04. The zero-order valence-electron chi connectivity index (χ0n) is 9.35. The highest BCUT2D eigenvalue weighted by atomic mass is 79.9. The molecule has 1 rings (SSSR count). The molecule has 0 heterocycles. The van der Waals surface area contributed by atoms with Gasteiger partial charge in [0, 0.05) is 23.3 Å². The third-order valence-electron chi connectivity index (χ3n) is 2.13. The third-order valence-corrected chi connectivity index (χ3v) is 2.63. The fraction of sp³-hybridized carbons (Fsp3) is 0.154. The number of terminal acetylenes is 1. The Bertz CT molecular complexity index is 489. The first-order valence-corrected chi connectivity index (χ1v) is 5.69. The van der Waals surface area contributed by atoms with Crippen molar-refractivity contribution >= 4 is 33.7 Å². The number of rotatable bonds is 4. The van der Waals surface area contributed by atoms with E-state index in [0.717, 1.165) is 21.8 Å². The summed E-state index contributed by atoms with van der Waals surface area (Å²) in [6.45, 7) is 0.468. The van der Waals surface area contributed by atoms with Gasteiger partial charge in [0.05, 0.1) is 6.54 Å². The first kappa shape index (κ1) is 13.3. The quantitative estimate of drug-likeness (QED) is 0.685. The van der Waals surface area contributed by atoms with Gasteiger partial charge in [0.15, 0.2) is 0 Å². The summed E-state index contributed by atoms with van der Waals surface area (Å²) in [5.74, 6) is 1.57. The molecule has 17 heavy (non-hydrogen) atoms. The van der Waals surface area contributed by atoms with Crippen molar-refractivity contribution in [1.82, 2.24) is 0 Å². The van der Waals surface area contributed by atoms with Crippen LogP contribution in [0.5, 0.6) is 0 Å². The molecule has 0 aliphatic heterocycles. The Balaban J connectivity index is 3.12. The zero-order chi connectivity index (χ0) is 12.8. The molecule has 0 aromatic heterocycles. The lowest BCUT2D eigenvalue weighted by molar-refractivity contribution is -0.131. The van der Waals surface area contributed by atoms with E-state index in [1.807, 2.05) is 30.1 Å². The predicted octanol–water partition coefficient (Wildman–Crippen LogP) is 2.62. The number of hydrogen-bond donors (Lipinski definition) is 1. The summed E-state index contributed by atoms with van der Waals surface area (Å²) in [7, 11) is 1.86. The molecule has 0 bridgehead atoms. The molecule has 0 unspecified atom stereocenters. The standard InChI is InChI=1S/C13H12BrNO2/c1-3-8-15(2)12-6-5-11(14)9-10(12)4-7-13(16)17/h1,4-7,9H,8H2,2H3,(H,16,17)/b7-4+. The minimum atomic E-state index is -0.976. The van der Waals surface area contributed by atoms with Gasteiger partial charge in [-0.1, -0.05) is 21.9 Å². The number of halogens is 1. The average molecular weight is 294 g/mol. The molecule has 0 spiro atoms. The lowest BCUT2D eigenvalue weighted by atomic mass is 10.1. The van der Waals surface area contributed by atoms with Crippen LogP contribution >= 0.6 is 15.9 Å². The van der Waals surface area contributed by atoms with Crippen LogP contribution in [-0.2, 0) is 4.79 Å². The Labute approximate surface area is 109 Å². The van der Waals surface area contributed by atoms with Gasteiger partial charge in [-0.15, -0.1) is 6.42 Å². The molecule has 3 nitrogen and oxygen atoms in total. The number of nitrogens with zero attached hydrogens (tertiary/aromatic N) is 1. The molecule has 1 aromatic rings. The Morgan fingerprint density at radius 1 is 1.65 bits per heavy atom. The maximum absolute atomic E-state index is 10.5. The van der Waals surface area contributed by atoms with Gasteiger partial charge < -0.3 is 10.0 Å². The van der Waals surface area contributed by atoms with Crippen molar-refractivity contribution in [3.8, 4) is 12.3 Å². The van der Waals surface area contributed by atoms with Crippen LogP contribution in [0.2, 0.25) is 0 Å². The van der Waals surface area contributed by atoms with Crippen molar-refractivity contribution < 1.29 is 9.90 Å². The second-order valence-electron chi connectivity index (χ2n) is 3.43. The summed E-state index contributed by atoms with van der Waals surface area (Å²) in [6.07, 6.45) is 7.91. The van der Waals surface area contributed by atoms with Gasteiger partial charge in [0.1, 0.15) is 0 Å². The van der Waals surface area contributed by atoms with Crippen LogP contribution in [0.3, 0.4) is 0 Å². The van der Waals surface area contributed by atoms with Crippen molar-refractivity contribution in [3.05, 3.63) is 34.3 Å². The SMILES string of the molecule is C#CCN(C)c1ccc(Br)cc1/C=C/C(=O)O. The lowest BCUT2D eigenvalue weighted by Gasteiger charge is -2.18. The number of hydrogen-bond acceptors (Lipinski definition) is 2. The molecule has 1 N–H and O–H groups in total. The van der Waals surface area contributed by atoms with Gasteiger partial charge in [-0.25, -0.2) is 4.79 Å². The summed E-state index contributed by atoms with van der Waals surface area (Å²) in [4.78, 5) is 12.4. The highest BCUT2D eigenvalue weighted by Gasteiger charge is 2.05. The Hall–Kier alpha value is -1.73. The molecule has 0 aliphatic rings. The Morgan fingerprint density at radius 2 is 2.35 bits per heavy atom. The molecule has 0 saturated heterocycles. The number of carboxylic acid groups (broad SMARTS) is 1. The third kappa shape index (κ3) is 3.97. The normalized spacial score (nSPS) is 10.2. The maximum Gasteiger partial charge on any atom is 0.328 e. The minimum absolute atomic E-state index is 0.468. The Morgan fingerprint density at radius 3 is 2.94 bits per heavy atom. The molecule has 88 valence electrons. The number of aliphatic carboxylic acids is 1. The van der Waals surface area contributed by atoms with Crippen molar-refractivity contribution in [3.63, 3.8) is 0 Å². The summed E-state index contributed by atoms with van der Waals surface area (Å²) in [5.41, 5.74) is 1.70. The fourth-order valence-corrected chi connectivity index (χ4v) is 1.77. The molecule has 0 fully saturated rings. The predicted molar refractivity (Wildman–Crippen MR) is 72.9 cm³/mol. The van der Waals surface area contributed by atoms with Crippen LogP contribution in [-0.4, -0.2) is 24.7 Å². The van der Waals surface area contributed by atoms with Crippen molar-refractivity contribution in [1.29, 1.82) is 0 Å². The molecule has 0 radical (unpaired) electrons. The molecule has 1 aromatic carbocycles. The van der Waals surface area contributed by atoms with E-state index in [-0.39, 0.29) is 0 Å². The minimum Gasteiger partial charge on any atom is -0.478 e. The Kier molecular flexibility index (Phi) is 4.80. The summed E-state index contributed by atoms with van der Waals surface area (Å²) >= 11 is 3.35. The monoisotopic (exact) mass is 293 g/mol. The van der Waals surface area contributed by atoms with Gasteiger partial charge in [-0.2, -0.15) is 0 Å². The van der Waals surface area contributed by atoms with Gasteiger partial charge in [-0.05, 0) is 29.8 Å². The number of carbonyl (C=O) groups is 1. The van der Waals surface area contributed by atoms with Crippen LogP contribution in [0.1, 0.15) is 5.56 Å². The van der Waals surface area contributed by atoms with Gasteiger partial charge in [0.25, 0.3) is 0 Å². The van der Waals surface area contributed by atoms with Gasteiger partial charge in [-0.3, -0.25) is 0 Å². The topological polar surface area (TPSA) is 40.5 Å². The number of benzene rings is 1. The van der Waals surface area contributed by atoms with E-state index in [2.05, 4.69) is 21.9 Å². The summed E-state index contributed by atoms with van der Waals surface area (Å²) in [5, 5.41) is 8.63. The van der Waals surface area contributed by atoms with Crippen molar-refractivity contribution in [2.45, 2.75) is 0 Å². The highest BCUT2D eigenvalue weighted by molar-refractivity contribution is 9.10. The first-order valence-electron chi connectivity index (χ1n) is 4.89. The van der Waals surface area contributed by atoms with Crippen molar-refractivity contribution in [2.75, 3.05) is 18.5 Å². The zero-order valence-corrected chi connectivity index (χ0v) is 10.9. The van der Waals surface area contributed by atoms with E-state index >= 15 is 0 Å². The summed E-state index contributed by atoms with van der Waals surface area (Å²) < 4.78 is 0.889. The highest BCUT2D eigenvalue weighted by Crippen LogP contribution is 2.24. The summed E-state index contributed by atoms with van der Waals surface area (Å²) in [6, 6.07) is 5.63. The molecule has 0 amide bonds. The second kappa shape index (κ2) is 6.12. The molecule has 0 saturated carbocycles. The van der Waals surface area contributed by atoms with E-state index < -0.39 is 5.97 Å². The molecular weight excluding hydrogens is 282 g/mol. The van der Waals surface area contributed by atoms with E-state index in [1.54, 1.807) is 6.08 Å².